The molecule has 4 nitrogen and oxygen atoms in total. The fourth-order valence-corrected chi connectivity index (χ4v) is 7.51. The van der Waals surface area contributed by atoms with Crippen LogP contribution in [0.25, 0.3) is 0 Å². The maximum absolute atomic E-state index is 12.7. The van der Waals surface area contributed by atoms with Gasteiger partial charge in [-0.15, -0.1) is 0 Å². The average Bonchev–Trinajstić information content (AvgIpc) is 3.03. The lowest BCUT2D eigenvalue weighted by Gasteiger charge is -2.60. The third kappa shape index (κ3) is 3.11. The molecule has 3 aliphatic carbocycles. The van der Waals surface area contributed by atoms with Crippen LogP contribution in [0.3, 0.4) is 0 Å². The molecule has 3 saturated carbocycles. The number of carbonyl (C=O) groups is 2. The summed E-state index contributed by atoms with van der Waals surface area (Å²) in [5.74, 6) is 1.74. The normalized spacial score (nSPS) is 46.0. The van der Waals surface area contributed by atoms with Crippen molar-refractivity contribution in [1.29, 1.82) is 0 Å². The molecule has 2 amide bonds. The molecule has 0 aromatic carbocycles. The third-order valence-electron chi connectivity index (χ3n) is 9.07. The van der Waals surface area contributed by atoms with Crippen LogP contribution in [0.4, 0.5) is 0 Å². The maximum Gasteiger partial charge on any atom is 0.232 e. The van der Waals surface area contributed by atoms with E-state index in [-0.39, 0.29) is 23.3 Å². The molecule has 4 rings (SSSR count). The minimum atomic E-state index is -0.501. The van der Waals surface area contributed by atoms with E-state index in [2.05, 4.69) is 31.4 Å². The summed E-state index contributed by atoms with van der Waals surface area (Å²) in [7, 11) is 0. The zero-order valence-corrected chi connectivity index (χ0v) is 17.5. The first kappa shape index (κ1) is 19.3. The molecule has 152 valence electrons. The number of fused-ring (bicyclic) bond motifs is 5. The Morgan fingerprint density at radius 1 is 1.15 bits per heavy atom. The number of hydrogen-bond donors (Lipinski definition) is 2. The Kier molecular flexibility index (Phi) is 5.05. The van der Waals surface area contributed by atoms with Crippen molar-refractivity contribution in [2.24, 2.45) is 34.5 Å². The van der Waals surface area contributed by atoms with Gasteiger partial charge in [0.05, 0.1) is 0 Å². The molecule has 2 unspecified atom stereocenters. The molecule has 7 atom stereocenters. The van der Waals surface area contributed by atoms with Gasteiger partial charge < -0.3 is 10.6 Å². The molecule has 27 heavy (non-hydrogen) atoms. The number of piperidine rings is 1. The number of carbonyl (C=O) groups excluding carboxylic acids is 2. The van der Waals surface area contributed by atoms with Crippen molar-refractivity contribution >= 4 is 11.8 Å². The van der Waals surface area contributed by atoms with E-state index in [1.807, 2.05) is 0 Å². The van der Waals surface area contributed by atoms with Crippen LogP contribution in [-0.2, 0) is 9.59 Å². The van der Waals surface area contributed by atoms with Gasteiger partial charge in [-0.3, -0.25) is 9.59 Å². The Labute approximate surface area is 164 Å². The van der Waals surface area contributed by atoms with Gasteiger partial charge in [0, 0.05) is 12.6 Å². The minimum Gasteiger partial charge on any atom is -0.355 e. The second kappa shape index (κ2) is 7.08. The highest BCUT2D eigenvalue weighted by atomic mass is 16.2. The highest BCUT2D eigenvalue weighted by Crippen LogP contribution is 2.64. The van der Waals surface area contributed by atoms with Crippen molar-refractivity contribution in [2.45, 2.75) is 91.0 Å². The monoisotopic (exact) mass is 374 g/mol. The molecule has 1 aliphatic heterocycles. The molecule has 0 radical (unpaired) electrons. The summed E-state index contributed by atoms with van der Waals surface area (Å²) in [6, 6.07) is 0.261. The number of unbranched alkanes of at least 4 members (excludes halogenated alkanes) is 1. The van der Waals surface area contributed by atoms with Gasteiger partial charge in [0.25, 0.3) is 0 Å². The first-order valence-electron chi connectivity index (χ1n) is 11.5. The summed E-state index contributed by atoms with van der Waals surface area (Å²) >= 11 is 0. The zero-order chi connectivity index (χ0) is 19.2. The van der Waals surface area contributed by atoms with Crippen molar-refractivity contribution in [1.82, 2.24) is 10.6 Å². The van der Waals surface area contributed by atoms with Gasteiger partial charge in [-0.05, 0) is 80.0 Å². The molecule has 1 saturated heterocycles. The van der Waals surface area contributed by atoms with Gasteiger partial charge in [0.1, 0.15) is 5.92 Å². The Hall–Kier alpha value is -1.06. The zero-order valence-electron chi connectivity index (χ0n) is 17.5. The molecule has 4 fully saturated rings. The summed E-state index contributed by atoms with van der Waals surface area (Å²) in [6.07, 6.45) is 11.9. The second-order valence-electron chi connectivity index (χ2n) is 10.5. The number of rotatable bonds is 4. The lowest BCUT2D eigenvalue weighted by Crippen LogP contribution is -2.64. The molecule has 4 heteroatoms. The van der Waals surface area contributed by atoms with Crippen molar-refractivity contribution in [3.63, 3.8) is 0 Å². The van der Waals surface area contributed by atoms with Crippen molar-refractivity contribution in [3.8, 4) is 0 Å². The van der Waals surface area contributed by atoms with E-state index in [0.29, 0.717) is 17.9 Å². The predicted octanol–water partition coefficient (Wildman–Crippen LogP) is 4.04. The van der Waals surface area contributed by atoms with Crippen LogP contribution in [0.1, 0.15) is 85.0 Å². The molecule has 0 bridgehead atoms. The quantitative estimate of drug-likeness (QED) is 0.576. The Balaban J connectivity index is 1.53. The number of nitrogens with one attached hydrogen (secondary N) is 2. The van der Waals surface area contributed by atoms with E-state index >= 15 is 0 Å². The van der Waals surface area contributed by atoms with Crippen LogP contribution in [0.5, 0.6) is 0 Å². The third-order valence-corrected chi connectivity index (χ3v) is 9.07. The van der Waals surface area contributed by atoms with E-state index in [9.17, 15) is 9.59 Å². The summed E-state index contributed by atoms with van der Waals surface area (Å²) in [4.78, 5) is 25.4. The van der Waals surface area contributed by atoms with Crippen molar-refractivity contribution < 1.29 is 9.59 Å². The first-order chi connectivity index (χ1) is 12.9. The van der Waals surface area contributed by atoms with E-state index in [1.54, 1.807) is 0 Å². The molecule has 0 aromatic rings. The van der Waals surface area contributed by atoms with Crippen LogP contribution in [0.2, 0.25) is 0 Å². The molecule has 2 N–H and O–H groups in total. The summed E-state index contributed by atoms with van der Waals surface area (Å²) in [5, 5.41) is 6.29. The Morgan fingerprint density at radius 2 is 1.96 bits per heavy atom. The van der Waals surface area contributed by atoms with E-state index < -0.39 is 5.92 Å². The van der Waals surface area contributed by atoms with Gasteiger partial charge in [0.2, 0.25) is 11.8 Å². The van der Waals surface area contributed by atoms with Crippen LogP contribution in [0, 0.1) is 34.5 Å². The summed E-state index contributed by atoms with van der Waals surface area (Å²) < 4.78 is 0. The lowest BCUT2D eigenvalue weighted by molar-refractivity contribution is -0.150. The lowest BCUT2D eigenvalue weighted by atomic mass is 9.47. The molecular weight excluding hydrogens is 336 g/mol. The second-order valence-corrected chi connectivity index (χ2v) is 10.5. The van der Waals surface area contributed by atoms with Crippen LogP contribution in [-0.4, -0.2) is 24.4 Å². The topological polar surface area (TPSA) is 58.2 Å². The maximum atomic E-state index is 12.7. The number of hydrogen-bond acceptors (Lipinski definition) is 2. The predicted molar refractivity (Wildman–Crippen MR) is 107 cm³/mol. The van der Waals surface area contributed by atoms with Crippen LogP contribution < -0.4 is 10.6 Å². The highest BCUT2D eigenvalue weighted by molar-refractivity contribution is 6.01. The SMILES string of the molecule is CCCCNC(=O)C1C[C@@]2(C)C(CC[C@H]3[C@@H]4CCC[C@@]4(C)CC[C@@H]32)NC1=O. The standard InChI is InChI=1S/C23H38N2O2/c1-4-5-13-24-20(26)16-14-23(3)18-10-12-22(2)11-6-7-17(22)15(18)8-9-19(23)25-21(16)27/h15-19H,4-14H2,1-3H3,(H,24,26)(H,25,27)/t15-,16?,17-,18-,19?,22-,23+/m0/s1. The Morgan fingerprint density at radius 3 is 2.74 bits per heavy atom. The first-order valence-corrected chi connectivity index (χ1v) is 11.5. The largest absolute Gasteiger partial charge is 0.355 e. The van der Waals surface area contributed by atoms with Gasteiger partial charge in [-0.25, -0.2) is 0 Å². The average molecular weight is 375 g/mol. The summed E-state index contributed by atoms with van der Waals surface area (Å²) in [6.45, 7) is 7.72. The van der Waals surface area contributed by atoms with E-state index in [4.69, 9.17) is 0 Å². The van der Waals surface area contributed by atoms with Gasteiger partial charge in [-0.1, -0.05) is 33.6 Å². The van der Waals surface area contributed by atoms with Gasteiger partial charge in [0.15, 0.2) is 0 Å². The Bertz CT molecular complexity index is 605. The minimum absolute atomic E-state index is 0.0357. The molecule has 4 aliphatic rings. The smallest absolute Gasteiger partial charge is 0.232 e. The highest BCUT2D eigenvalue weighted by Gasteiger charge is 2.59. The van der Waals surface area contributed by atoms with Crippen LogP contribution in [0.15, 0.2) is 0 Å². The van der Waals surface area contributed by atoms with Crippen molar-refractivity contribution in [3.05, 3.63) is 0 Å². The van der Waals surface area contributed by atoms with Crippen molar-refractivity contribution in [2.75, 3.05) is 6.54 Å². The summed E-state index contributed by atoms with van der Waals surface area (Å²) in [5.41, 5.74) is 0.632. The molecular formula is C23H38N2O2. The van der Waals surface area contributed by atoms with Gasteiger partial charge in [-0.2, -0.15) is 0 Å². The fraction of sp³-hybridized carbons (Fsp3) is 0.913. The molecule has 0 spiro atoms. The van der Waals surface area contributed by atoms with E-state index in [0.717, 1.165) is 37.5 Å². The number of amides is 2. The molecule has 1 heterocycles. The van der Waals surface area contributed by atoms with Crippen LogP contribution >= 0.6 is 0 Å². The van der Waals surface area contributed by atoms with Gasteiger partial charge >= 0.3 is 0 Å². The van der Waals surface area contributed by atoms with E-state index in [1.165, 1.54) is 38.5 Å². The molecule has 0 aromatic heterocycles. The fourth-order valence-electron chi connectivity index (χ4n) is 7.51.